The lowest BCUT2D eigenvalue weighted by Crippen LogP contribution is -2.15. The van der Waals surface area contributed by atoms with Crippen molar-refractivity contribution in [2.45, 2.75) is 37.1 Å². The first-order chi connectivity index (χ1) is 14.4. The molecule has 0 saturated heterocycles. The van der Waals surface area contributed by atoms with Crippen molar-refractivity contribution < 1.29 is 9.59 Å². The predicted molar refractivity (Wildman–Crippen MR) is 123 cm³/mol. The van der Waals surface area contributed by atoms with Crippen molar-refractivity contribution in [3.05, 3.63) is 76.4 Å². The Morgan fingerprint density at radius 1 is 1.03 bits per heavy atom. The number of amides is 2. The summed E-state index contributed by atoms with van der Waals surface area (Å²) in [6.07, 6.45) is 2.02. The molecule has 3 rings (SSSR count). The van der Waals surface area contributed by atoms with Crippen LogP contribution in [0.4, 0.5) is 11.4 Å². The summed E-state index contributed by atoms with van der Waals surface area (Å²) in [4.78, 5) is 30.0. The summed E-state index contributed by atoms with van der Waals surface area (Å²) in [5, 5.41) is 6.57. The first kappa shape index (κ1) is 21.9. The summed E-state index contributed by atoms with van der Waals surface area (Å²) in [5.74, 6) is -0.441. The number of anilines is 2. The molecule has 0 aliphatic rings. The molecule has 5 nitrogen and oxygen atoms in total. The topological polar surface area (TPSA) is 71.1 Å². The minimum absolute atomic E-state index is 0.117. The maximum Gasteiger partial charge on any atom is 0.258 e. The van der Waals surface area contributed by atoms with E-state index in [1.807, 2.05) is 6.07 Å². The van der Waals surface area contributed by atoms with Crippen molar-refractivity contribution in [2.24, 2.45) is 0 Å². The van der Waals surface area contributed by atoms with E-state index in [-0.39, 0.29) is 11.8 Å². The molecular weight excluding hydrogens is 418 g/mol. The lowest BCUT2D eigenvalue weighted by atomic mass is 10.1. The van der Waals surface area contributed by atoms with Crippen molar-refractivity contribution in [3.63, 3.8) is 0 Å². The lowest BCUT2D eigenvalue weighted by Gasteiger charge is -2.12. The molecule has 3 aromatic rings. The molecule has 0 unspecified atom stereocenters. The van der Waals surface area contributed by atoms with Crippen molar-refractivity contribution in [1.82, 2.24) is 4.98 Å². The Balaban J connectivity index is 1.83. The summed E-state index contributed by atoms with van der Waals surface area (Å²) in [5.41, 5.74) is 3.82. The standard InChI is InChI=1S/C23H22ClN3O2S/c1-4-21(28)26-16-8-10-19(24)20(13-16)27-22(29)18-6-5-11-25-23(18)30-17-9-7-14(2)15(3)12-17/h5-13H,4H2,1-3H3,(H,26,28)(H,27,29). The summed E-state index contributed by atoms with van der Waals surface area (Å²) in [6.45, 7) is 5.88. The summed E-state index contributed by atoms with van der Waals surface area (Å²) < 4.78 is 0. The van der Waals surface area contributed by atoms with Crippen LogP contribution in [0.15, 0.2) is 64.6 Å². The van der Waals surface area contributed by atoms with E-state index in [1.54, 1.807) is 43.5 Å². The molecule has 0 aliphatic heterocycles. The number of nitrogens with zero attached hydrogens (tertiary/aromatic N) is 1. The van der Waals surface area contributed by atoms with Crippen LogP contribution in [0.2, 0.25) is 5.02 Å². The molecule has 0 aliphatic carbocycles. The van der Waals surface area contributed by atoms with Crippen LogP contribution in [0, 0.1) is 13.8 Å². The first-order valence-electron chi connectivity index (χ1n) is 9.48. The third-order valence-corrected chi connectivity index (χ3v) is 5.87. The molecule has 1 heterocycles. The number of hydrogen-bond donors (Lipinski definition) is 2. The maximum absolute atomic E-state index is 13.0. The summed E-state index contributed by atoms with van der Waals surface area (Å²) >= 11 is 7.68. The fourth-order valence-electron chi connectivity index (χ4n) is 2.67. The van der Waals surface area contributed by atoms with Crippen LogP contribution in [0.1, 0.15) is 34.8 Å². The molecule has 2 amide bonds. The SMILES string of the molecule is CCC(=O)Nc1ccc(Cl)c(NC(=O)c2cccnc2Sc2ccc(C)c(C)c2)c1. The van der Waals surface area contributed by atoms with Crippen LogP contribution in [-0.2, 0) is 4.79 Å². The maximum atomic E-state index is 13.0. The van der Waals surface area contributed by atoms with Gasteiger partial charge in [0.15, 0.2) is 0 Å². The lowest BCUT2D eigenvalue weighted by molar-refractivity contribution is -0.115. The van der Waals surface area contributed by atoms with Crippen LogP contribution in [-0.4, -0.2) is 16.8 Å². The Kier molecular flexibility index (Phi) is 7.13. The van der Waals surface area contributed by atoms with E-state index in [4.69, 9.17) is 11.6 Å². The smallest absolute Gasteiger partial charge is 0.258 e. The minimum Gasteiger partial charge on any atom is -0.326 e. The number of benzene rings is 2. The highest BCUT2D eigenvalue weighted by molar-refractivity contribution is 7.99. The Bertz CT molecular complexity index is 1100. The van der Waals surface area contributed by atoms with Crippen molar-refractivity contribution in [2.75, 3.05) is 10.6 Å². The number of carbonyl (C=O) groups excluding carboxylic acids is 2. The molecule has 0 radical (unpaired) electrons. The molecular formula is C23H22ClN3O2S. The van der Waals surface area contributed by atoms with E-state index in [0.717, 1.165) is 4.90 Å². The van der Waals surface area contributed by atoms with Gasteiger partial charge in [-0.15, -0.1) is 0 Å². The first-order valence-corrected chi connectivity index (χ1v) is 10.7. The second-order valence-electron chi connectivity index (χ2n) is 6.75. The average molecular weight is 440 g/mol. The molecule has 2 N–H and O–H groups in total. The molecule has 0 atom stereocenters. The second kappa shape index (κ2) is 9.78. The zero-order chi connectivity index (χ0) is 21.7. The van der Waals surface area contributed by atoms with Gasteiger partial charge in [0, 0.05) is 23.2 Å². The molecule has 30 heavy (non-hydrogen) atoms. The van der Waals surface area contributed by atoms with E-state index in [2.05, 4.69) is 41.6 Å². The van der Waals surface area contributed by atoms with Crippen LogP contribution in [0.25, 0.3) is 0 Å². The zero-order valence-corrected chi connectivity index (χ0v) is 18.5. The number of aryl methyl sites for hydroxylation is 2. The van der Waals surface area contributed by atoms with Crippen LogP contribution in [0.5, 0.6) is 0 Å². The molecule has 0 fully saturated rings. The Morgan fingerprint density at radius 3 is 2.57 bits per heavy atom. The fraction of sp³-hybridized carbons (Fsp3) is 0.174. The molecule has 154 valence electrons. The largest absolute Gasteiger partial charge is 0.326 e. The highest BCUT2D eigenvalue weighted by Crippen LogP contribution is 2.31. The van der Waals surface area contributed by atoms with Gasteiger partial charge >= 0.3 is 0 Å². The molecule has 0 bridgehead atoms. The number of nitrogens with one attached hydrogen (secondary N) is 2. The average Bonchev–Trinajstić information content (AvgIpc) is 2.73. The van der Waals surface area contributed by atoms with E-state index in [9.17, 15) is 9.59 Å². The number of aromatic nitrogens is 1. The number of halogens is 1. The minimum atomic E-state index is -0.324. The van der Waals surface area contributed by atoms with Gasteiger partial charge in [-0.2, -0.15) is 0 Å². The van der Waals surface area contributed by atoms with Gasteiger partial charge < -0.3 is 10.6 Å². The van der Waals surface area contributed by atoms with Gasteiger partial charge in [-0.05, 0) is 67.4 Å². The normalized spacial score (nSPS) is 10.5. The van der Waals surface area contributed by atoms with Crippen molar-refractivity contribution in [1.29, 1.82) is 0 Å². The number of hydrogen-bond acceptors (Lipinski definition) is 4. The van der Waals surface area contributed by atoms with Gasteiger partial charge in [-0.3, -0.25) is 9.59 Å². The predicted octanol–water partition coefficient (Wildman–Crippen LogP) is 6.10. The van der Waals surface area contributed by atoms with E-state index in [1.165, 1.54) is 22.9 Å². The van der Waals surface area contributed by atoms with Crippen molar-refractivity contribution >= 4 is 46.6 Å². The summed E-state index contributed by atoms with van der Waals surface area (Å²) in [7, 11) is 0. The Labute approximate surface area is 185 Å². The van der Waals surface area contributed by atoms with Crippen LogP contribution < -0.4 is 10.6 Å². The zero-order valence-electron chi connectivity index (χ0n) is 17.0. The van der Waals surface area contributed by atoms with Gasteiger partial charge in [0.1, 0.15) is 5.03 Å². The molecule has 0 spiro atoms. The van der Waals surface area contributed by atoms with E-state index >= 15 is 0 Å². The third-order valence-electron chi connectivity index (χ3n) is 4.53. The fourth-order valence-corrected chi connectivity index (χ4v) is 3.82. The van der Waals surface area contributed by atoms with E-state index < -0.39 is 0 Å². The second-order valence-corrected chi connectivity index (χ2v) is 8.22. The van der Waals surface area contributed by atoms with Gasteiger partial charge in [-0.1, -0.05) is 36.4 Å². The van der Waals surface area contributed by atoms with Gasteiger partial charge in [-0.25, -0.2) is 4.98 Å². The molecule has 0 saturated carbocycles. The van der Waals surface area contributed by atoms with Gasteiger partial charge in [0.05, 0.1) is 16.3 Å². The monoisotopic (exact) mass is 439 g/mol. The third kappa shape index (κ3) is 5.40. The summed E-state index contributed by atoms with van der Waals surface area (Å²) in [6, 6.07) is 14.6. The molecule has 1 aromatic heterocycles. The number of rotatable bonds is 6. The van der Waals surface area contributed by atoms with Gasteiger partial charge in [0.2, 0.25) is 5.91 Å². The van der Waals surface area contributed by atoms with Gasteiger partial charge in [0.25, 0.3) is 5.91 Å². The number of pyridine rings is 1. The molecule has 2 aromatic carbocycles. The number of carbonyl (C=O) groups is 2. The quantitative estimate of drug-likeness (QED) is 0.486. The van der Waals surface area contributed by atoms with Crippen molar-refractivity contribution in [3.8, 4) is 0 Å². The highest BCUT2D eigenvalue weighted by Gasteiger charge is 2.16. The Hall–Kier alpha value is -2.83. The van der Waals surface area contributed by atoms with Crippen LogP contribution >= 0.6 is 23.4 Å². The van der Waals surface area contributed by atoms with E-state index in [0.29, 0.717) is 33.4 Å². The molecule has 7 heteroatoms. The van der Waals surface area contributed by atoms with Crippen LogP contribution in [0.3, 0.4) is 0 Å². The Morgan fingerprint density at radius 2 is 1.83 bits per heavy atom. The highest BCUT2D eigenvalue weighted by atomic mass is 35.5.